The second-order valence-electron chi connectivity index (χ2n) is 5.33. The SMILES string of the molecule is Cc1c(CNC(=O)NC2(CO)CCCC2)cnn1C. The summed E-state index contributed by atoms with van der Waals surface area (Å²) < 4.78 is 1.78. The van der Waals surface area contributed by atoms with Crippen LogP contribution in [0.3, 0.4) is 0 Å². The molecule has 1 saturated carbocycles. The molecule has 3 N–H and O–H groups in total. The van der Waals surface area contributed by atoms with Gasteiger partial charge in [-0.1, -0.05) is 12.8 Å². The Hall–Kier alpha value is -1.56. The fourth-order valence-electron chi connectivity index (χ4n) is 2.55. The molecule has 0 aliphatic heterocycles. The molecule has 0 saturated heterocycles. The molecule has 2 amide bonds. The quantitative estimate of drug-likeness (QED) is 0.755. The second kappa shape index (κ2) is 5.61. The molecule has 1 fully saturated rings. The molecular weight excluding hydrogens is 244 g/mol. The molecule has 0 unspecified atom stereocenters. The summed E-state index contributed by atoms with van der Waals surface area (Å²) in [5.74, 6) is 0. The number of aliphatic hydroxyl groups excluding tert-OH is 1. The van der Waals surface area contributed by atoms with Gasteiger partial charge < -0.3 is 15.7 Å². The summed E-state index contributed by atoms with van der Waals surface area (Å²) in [6.45, 7) is 2.42. The van der Waals surface area contributed by atoms with E-state index in [9.17, 15) is 9.90 Å². The van der Waals surface area contributed by atoms with Gasteiger partial charge in [0, 0.05) is 24.8 Å². The van der Waals surface area contributed by atoms with Gasteiger partial charge in [0.05, 0.1) is 18.3 Å². The van der Waals surface area contributed by atoms with Crippen LogP contribution in [0.25, 0.3) is 0 Å². The minimum absolute atomic E-state index is 0.00629. The van der Waals surface area contributed by atoms with E-state index in [0.29, 0.717) is 6.54 Å². The summed E-state index contributed by atoms with van der Waals surface area (Å²) in [5.41, 5.74) is 1.62. The lowest BCUT2D eigenvalue weighted by Crippen LogP contribution is -2.52. The van der Waals surface area contributed by atoms with Gasteiger partial charge in [-0.25, -0.2) is 4.79 Å². The van der Waals surface area contributed by atoms with Crippen molar-refractivity contribution >= 4 is 6.03 Å². The molecule has 0 bridgehead atoms. The number of aliphatic hydroxyl groups is 1. The molecule has 1 aromatic rings. The van der Waals surface area contributed by atoms with E-state index >= 15 is 0 Å². The van der Waals surface area contributed by atoms with Crippen LogP contribution in [0.2, 0.25) is 0 Å². The highest BCUT2D eigenvalue weighted by Crippen LogP contribution is 2.28. The number of hydrogen-bond donors (Lipinski definition) is 3. The Morgan fingerprint density at radius 1 is 1.53 bits per heavy atom. The minimum atomic E-state index is -0.423. The number of hydrogen-bond acceptors (Lipinski definition) is 3. The zero-order chi connectivity index (χ0) is 13.9. The number of nitrogens with zero attached hydrogens (tertiary/aromatic N) is 2. The van der Waals surface area contributed by atoms with E-state index in [1.54, 1.807) is 10.9 Å². The van der Waals surface area contributed by atoms with Crippen molar-refractivity contribution in [2.75, 3.05) is 6.61 Å². The van der Waals surface area contributed by atoms with Crippen LogP contribution in [0.15, 0.2) is 6.20 Å². The molecule has 6 nitrogen and oxygen atoms in total. The highest BCUT2D eigenvalue weighted by molar-refractivity contribution is 5.74. The fourth-order valence-corrected chi connectivity index (χ4v) is 2.55. The Balaban J connectivity index is 1.86. The molecular formula is C13H22N4O2. The molecule has 0 spiro atoms. The Morgan fingerprint density at radius 2 is 2.21 bits per heavy atom. The van der Waals surface area contributed by atoms with Crippen molar-refractivity contribution in [3.05, 3.63) is 17.5 Å². The Kier molecular flexibility index (Phi) is 4.09. The number of urea groups is 1. The van der Waals surface area contributed by atoms with E-state index in [1.807, 2.05) is 14.0 Å². The summed E-state index contributed by atoms with van der Waals surface area (Å²) in [5, 5.41) is 19.3. The van der Waals surface area contributed by atoms with Gasteiger partial charge in [0.2, 0.25) is 0 Å². The van der Waals surface area contributed by atoms with E-state index in [1.165, 1.54) is 0 Å². The van der Waals surface area contributed by atoms with E-state index in [2.05, 4.69) is 15.7 Å². The average molecular weight is 266 g/mol. The van der Waals surface area contributed by atoms with Crippen LogP contribution in [-0.4, -0.2) is 33.1 Å². The van der Waals surface area contributed by atoms with Crippen LogP contribution < -0.4 is 10.6 Å². The number of aromatic nitrogens is 2. The molecule has 0 radical (unpaired) electrons. The van der Waals surface area contributed by atoms with Crippen molar-refractivity contribution in [3.8, 4) is 0 Å². The summed E-state index contributed by atoms with van der Waals surface area (Å²) in [6, 6.07) is -0.223. The standard InChI is InChI=1S/C13H22N4O2/c1-10-11(8-15-17(10)2)7-14-12(19)16-13(9-18)5-3-4-6-13/h8,18H,3-7,9H2,1-2H3,(H2,14,16,19). The van der Waals surface area contributed by atoms with E-state index < -0.39 is 5.54 Å². The van der Waals surface area contributed by atoms with Crippen molar-refractivity contribution in [3.63, 3.8) is 0 Å². The monoisotopic (exact) mass is 266 g/mol. The molecule has 0 atom stereocenters. The maximum Gasteiger partial charge on any atom is 0.315 e. The lowest BCUT2D eigenvalue weighted by Gasteiger charge is -2.27. The third-order valence-electron chi connectivity index (χ3n) is 4.02. The average Bonchev–Trinajstić information content (AvgIpc) is 2.98. The number of nitrogens with one attached hydrogen (secondary N) is 2. The predicted molar refractivity (Wildman–Crippen MR) is 71.6 cm³/mol. The van der Waals surface area contributed by atoms with Crippen molar-refractivity contribution in [2.24, 2.45) is 7.05 Å². The van der Waals surface area contributed by atoms with Gasteiger partial charge in [0.25, 0.3) is 0 Å². The van der Waals surface area contributed by atoms with Crippen molar-refractivity contribution < 1.29 is 9.90 Å². The van der Waals surface area contributed by atoms with Crippen LogP contribution in [0.5, 0.6) is 0 Å². The van der Waals surface area contributed by atoms with E-state index in [4.69, 9.17) is 0 Å². The third-order valence-corrected chi connectivity index (χ3v) is 4.02. The van der Waals surface area contributed by atoms with Gasteiger partial charge in [0.15, 0.2) is 0 Å². The molecule has 1 aliphatic carbocycles. The zero-order valence-corrected chi connectivity index (χ0v) is 11.6. The molecule has 19 heavy (non-hydrogen) atoms. The first-order valence-electron chi connectivity index (χ1n) is 6.71. The van der Waals surface area contributed by atoms with Gasteiger partial charge in [0.1, 0.15) is 0 Å². The van der Waals surface area contributed by atoms with Crippen LogP contribution in [0.4, 0.5) is 4.79 Å². The largest absolute Gasteiger partial charge is 0.394 e. The number of aryl methyl sites for hydroxylation is 1. The summed E-state index contributed by atoms with van der Waals surface area (Å²) >= 11 is 0. The van der Waals surface area contributed by atoms with Gasteiger partial charge in [-0.15, -0.1) is 0 Å². The zero-order valence-electron chi connectivity index (χ0n) is 11.6. The van der Waals surface area contributed by atoms with Crippen molar-refractivity contribution in [1.82, 2.24) is 20.4 Å². The Bertz CT molecular complexity index is 449. The third kappa shape index (κ3) is 3.07. The fraction of sp³-hybridized carbons (Fsp3) is 0.692. The highest BCUT2D eigenvalue weighted by Gasteiger charge is 2.34. The van der Waals surface area contributed by atoms with E-state index in [-0.39, 0.29) is 12.6 Å². The molecule has 0 aromatic carbocycles. The number of carbonyl (C=O) groups is 1. The molecule has 106 valence electrons. The lowest BCUT2D eigenvalue weighted by atomic mass is 9.99. The first-order chi connectivity index (χ1) is 9.06. The molecule has 2 rings (SSSR count). The maximum absolute atomic E-state index is 11.9. The summed E-state index contributed by atoms with van der Waals surface area (Å²) in [4.78, 5) is 11.9. The van der Waals surface area contributed by atoms with Crippen LogP contribution in [0, 0.1) is 6.92 Å². The Labute approximate surface area is 113 Å². The molecule has 1 aliphatic rings. The Morgan fingerprint density at radius 3 is 2.74 bits per heavy atom. The summed E-state index contributed by atoms with van der Waals surface area (Å²) in [6.07, 6.45) is 5.57. The van der Waals surface area contributed by atoms with Gasteiger partial charge in [-0.2, -0.15) is 5.10 Å². The van der Waals surface area contributed by atoms with Gasteiger partial charge >= 0.3 is 6.03 Å². The summed E-state index contributed by atoms with van der Waals surface area (Å²) in [7, 11) is 1.87. The van der Waals surface area contributed by atoms with E-state index in [0.717, 1.165) is 36.9 Å². The molecule has 1 heterocycles. The maximum atomic E-state index is 11.9. The lowest BCUT2D eigenvalue weighted by molar-refractivity contribution is 0.162. The smallest absolute Gasteiger partial charge is 0.315 e. The van der Waals surface area contributed by atoms with Gasteiger partial charge in [-0.05, 0) is 19.8 Å². The number of rotatable bonds is 4. The minimum Gasteiger partial charge on any atom is -0.394 e. The normalized spacial score (nSPS) is 17.4. The van der Waals surface area contributed by atoms with Gasteiger partial charge in [-0.3, -0.25) is 4.68 Å². The second-order valence-corrected chi connectivity index (χ2v) is 5.33. The first kappa shape index (κ1) is 13.9. The van der Waals surface area contributed by atoms with Crippen molar-refractivity contribution in [2.45, 2.75) is 44.7 Å². The van der Waals surface area contributed by atoms with Crippen LogP contribution >= 0.6 is 0 Å². The van der Waals surface area contributed by atoms with Crippen molar-refractivity contribution in [1.29, 1.82) is 0 Å². The topological polar surface area (TPSA) is 79.2 Å². The van der Waals surface area contributed by atoms with Crippen LogP contribution in [0.1, 0.15) is 36.9 Å². The number of carbonyl (C=O) groups excluding carboxylic acids is 1. The molecule has 6 heteroatoms. The number of amides is 2. The van der Waals surface area contributed by atoms with Crippen LogP contribution in [-0.2, 0) is 13.6 Å². The highest BCUT2D eigenvalue weighted by atomic mass is 16.3. The first-order valence-corrected chi connectivity index (χ1v) is 6.71. The predicted octanol–water partition coefficient (Wildman–Crippen LogP) is 0.833. The molecule has 1 aromatic heterocycles.